The summed E-state index contributed by atoms with van der Waals surface area (Å²) >= 11 is 0. The van der Waals surface area contributed by atoms with Crippen molar-refractivity contribution < 1.29 is 31.8 Å². The van der Waals surface area contributed by atoms with Crippen LogP contribution in [-0.4, -0.2) is 33.0 Å². The second kappa shape index (κ2) is 6.94. The van der Waals surface area contributed by atoms with Crippen LogP contribution in [0.1, 0.15) is 21.5 Å². The van der Waals surface area contributed by atoms with Crippen molar-refractivity contribution in [2.45, 2.75) is 17.6 Å². The van der Waals surface area contributed by atoms with Gasteiger partial charge in [-0.3, -0.25) is 4.72 Å². The summed E-state index contributed by atoms with van der Waals surface area (Å²) in [5.41, 5.74) is 0.141. The number of hydrogen-bond acceptors (Lipinski definition) is 6. The Labute approximate surface area is 150 Å². The zero-order chi connectivity index (χ0) is 19.7. The van der Waals surface area contributed by atoms with Crippen molar-refractivity contribution >= 4 is 31.7 Å². The Balaban J connectivity index is 2.34. The quantitative estimate of drug-likeness (QED) is 0.561. The largest absolute Gasteiger partial charge is 0.507 e. The van der Waals surface area contributed by atoms with Crippen LogP contribution in [0, 0.1) is 6.92 Å². The van der Waals surface area contributed by atoms with E-state index in [9.17, 15) is 26.7 Å². The van der Waals surface area contributed by atoms with E-state index < -0.39 is 37.3 Å². The molecule has 2 rings (SSSR count). The maximum Gasteiger partial charge on any atom is 0.339 e. The molecule has 0 fully saturated rings. The number of hydrogen-bond donors (Lipinski definition) is 4. The molecule has 0 aromatic heterocycles. The molecular formula is C15H16N2O7S2. The molecule has 0 aliphatic heterocycles. The van der Waals surface area contributed by atoms with Gasteiger partial charge in [-0.15, -0.1) is 0 Å². The number of sulfonamides is 2. The highest BCUT2D eigenvalue weighted by molar-refractivity contribution is 7.92. The van der Waals surface area contributed by atoms with Crippen LogP contribution in [0.5, 0.6) is 5.75 Å². The van der Waals surface area contributed by atoms with Gasteiger partial charge in [0.1, 0.15) is 11.3 Å². The molecule has 0 radical (unpaired) electrons. The zero-order valence-corrected chi connectivity index (χ0v) is 15.1. The number of anilines is 1. The predicted molar refractivity (Wildman–Crippen MR) is 93.9 cm³/mol. The Kier molecular flexibility index (Phi) is 5.26. The summed E-state index contributed by atoms with van der Waals surface area (Å²) in [6, 6.07) is 7.42. The summed E-state index contributed by atoms with van der Waals surface area (Å²) in [4.78, 5) is 10.8. The molecule has 0 unspecified atom stereocenters. The van der Waals surface area contributed by atoms with Crippen molar-refractivity contribution in [1.82, 2.24) is 0 Å². The summed E-state index contributed by atoms with van der Waals surface area (Å²) in [6.45, 7) is 1.41. The molecule has 0 spiro atoms. The summed E-state index contributed by atoms with van der Waals surface area (Å²) in [5, 5.41) is 23.6. The van der Waals surface area contributed by atoms with E-state index in [-0.39, 0.29) is 21.9 Å². The minimum atomic E-state index is -4.13. The third-order valence-corrected chi connectivity index (χ3v) is 5.65. The van der Waals surface area contributed by atoms with Crippen LogP contribution in [0.4, 0.5) is 5.69 Å². The second-order valence-electron chi connectivity index (χ2n) is 5.55. The molecule has 0 atom stereocenters. The monoisotopic (exact) mass is 400 g/mol. The number of carboxylic acid groups (broad SMARTS) is 1. The Morgan fingerprint density at radius 3 is 2.19 bits per heavy atom. The summed E-state index contributed by atoms with van der Waals surface area (Å²) in [7, 11) is -7.84. The predicted octanol–water partition coefficient (Wildman–Crippen LogP) is 0.988. The number of phenols is 1. The Morgan fingerprint density at radius 2 is 1.69 bits per heavy atom. The van der Waals surface area contributed by atoms with E-state index in [0.717, 1.165) is 12.1 Å². The fraction of sp³-hybridized carbons (Fsp3) is 0.133. The van der Waals surface area contributed by atoms with E-state index in [2.05, 4.69) is 4.72 Å². The van der Waals surface area contributed by atoms with Gasteiger partial charge in [-0.2, -0.15) is 0 Å². The maximum atomic E-state index is 12.5. The standard InChI is InChI=1S/C15H16N2O7S2/c1-9-6-13(18)12(15(19)20)7-14(9)26(23,24)17-11-4-2-10(3-5-11)8-25(16,21)22/h2-7,17-18H,8H2,1H3,(H,19,20)(H2,16,21,22). The van der Waals surface area contributed by atoms with Gasteiger partial charge in [0.25, 0.3) is 10.0 Å². The molecule has 0 amide bonds. The van der Waals surface area contributed by atoms with Gasteiger partial charge >= 0.3 is 5.97 Å². The van der Waals surface area contributed by atoms with Crippen molar-refractivity contribution in [3.05, 3.63) is 53.1 Å². The number of nitrogens with two attached hydrogens (primary N) is 1. The zero-order valence-electron chi connectivity index (χ0n) is 13.5. The third-order valence-electron chi connectivity index (χ3n) is 3.39. The number of rotatable bonds is 6. The van der Waals surface area contributed by atoms with Crippen LogP contribution < -0.4 is 9.86 Å². The third kappa shape index (κ3) is 4.71. The molecular weight excluding hydrogens is 384 g/mol. The number of aryl methyl sites for hydroxylation is 1. The Morgan fingerprint density at radius 1 is 1.12 bits per heavy atom. The number of aromatic carboxylic acids is 1. The fourth-order valence-corrected chi connectivity index (χ4v) is 4.21. The van der Waals surface area contributed by atoms with Crippen molar-refractivity contribution in [1.29, 1.82) is 0 Å². The van der Waals surface area contributed by atoms with E-state index in [1.807, 2.05) is 0 Å². The normalized spacial score (nSPS) is 11.9. The van der Waals surface area contributed by atoms with E-state index in [1.54, 1.807) is 0 Å². The second-order valence-corrected chi connectivity index (χ2v) is 8.81. The molecule has 0 bridgehead atoms. The highest BCUT2D eigenvalue weighted by Crippen LogP contribution is 2.27. The molecule has 0 aliphatic carbocycles. The van der Waals surface area contributed by atoms with Crippen molar-refractivity contribution in [3.63, 3.8) is 0 Å². The van der Waals surface area contributed by atoms with Crippen LogP contribution in [0.15, 0.2) is 41.3 Å². The van der Waals surface area contributed by atoms with Gasteiger partial charge in [0.05, 0.1) is 10.6 Å². The van der Waals surface area contributed by atoms with E-state index in [0.29, 0.717) is 5.56 Å². The van der Waals surface area contributed by atoms with E-state index in [1.165, 1.54) is 31.2 Å². The first-order valence-corrected chi connectivity index (χ1v) is 10.3. The minimum Gasteiger partial charge on any atom is -0.507 e. The molecule has 0 saturated heterocycles. The SMILES string of the molecule is Cc1cc(O)c(C(=O)O)cc1S(=O)(=O)Nc1ccc(CS(N)(=O)=O)cc1. The number of nitrogens with one attached hydrogen (secondary N) is 1. The van der Waals surface area contributed by atoms with Gasteiger partial charge in [0.2, 0.25) is 10.0 Å². The maximum absolute atomic E-state index is 12.5. The van der Waals surface area contributed by atoms with E-state index in [4.69, 9.17) is 10.2 Å². The average molecular weight is 400 g/mol. The number of aromatic hydroxyl groups is 1. The lowest BCUT2D eigenvalue weighted by molar-refractivity contribution is 0.0693. The summed E-state index contributed by atoms with van der Waals surface area (Å²) < 4.78 is 49.4. The van der Waals surface area contributed by atoms with Gasteiger partial charge in [-0.1, -0.05) is 12.1 Å². The summed E-state index contributed by atoms with van der Waals surface area (Å²) in [5.74, 6) is -2.40. The topological polar surface area (TPSA) is 164 Å². The number of carbonyl (C=O) groups is 1. The first-order valence-electron chi connectivity index (χ1n) is 7.08. The Hall–Kier alpha value is -2.63. The van der Waals surface area contributed by atoms with Crippen LogP contribution in [0.2, 0.25) is 0 Å². The molecule has 2 aromatic rings. The van der Waals surface area contributed by atoms with Crippen LogP contribution >= 0.6 is 0 Å². The smallest absolute Gasteiger partial charge is 0.339 e. The van der Waals surface area contributed by atoms with Gasteiger partial charge in [0, 0.05) is 5.69 Å². The van der Waals surface area contributed by atoms with Crippen LogP contribution in [0.3, 0.4) is 0 Å². The molecule has 5 N–H and O–H groups in total. The molecule has 0 saturated carbocycles. The molecule has 11 heteroatoms. The number of primary sulfonamides is 1. The van der Waals surface area contributed by atoms with Gasteiger partial charge in [-0.25, -0.2) is 26.8 Å². The van der Waals surface area contributed by atoms with Crippen molar-refractivity contribution in [2.24, 2.45) is 5.14 Å². The summed E-state index contributed by atoms with van der Waals surface area (Å²) in [6.07, 6.45) is 0. The molecule has 140 valence electrons. The highest BCUT2D eigenvalue weighted by Gasteiger charge is 2.22. The molecule has 9 nitrogen and oxygen atoms in total. The van der Waals surface area contributed by atoms with Gasteiger partial charge in [-0.05, 0) is 42.3 Å². The first kappa shape index (κ1) is 19.7. The van der Waals surface area contributed by atoms with Crippen molar-refractivity contribution in [2.75, 3.05) is 4.72 Å². The molecule has 0 aliphatic rings. The van der Waals surface area contributed by atoms with Crippen LogP contribution in [0.25, 0.3) is 0 Å². The van der Waals surface area contributed by atoms with E-state index >= 15 is 0 Å². The molecule has 2 aromatic carbocycles. The van der Waals surface area contributed by atoms with Crippen LogP contribution in [-0.2, 0) is 25.8 Å². The molecule has 26 heavy (non-hydrogen) atoms. The number of carboxylic acids is 1. The molecule has 0 heterocycles. The lowest BCUT2D eigenvalue weighted by atomic mass is 10.1. The minimum absolute atomic E-state index is 0.146. The lowest BCUT2D eigenvalue weighted by Gasteiger charge is -2.12. The van der Waals surface area contributed by atoms with Gasteiger partial charge < -0.3 is 10.2 Å². The fourth-order valence-electron chi connectivity index (χ4n) is 2.25. The highest BCUT2D eigenvalue weighted by atomic mass is 32.2. The van der Waals surface area contributed by atoms with Gasteiger partial charge in [0.15, 0.2) is 0 Å². The first-order chi connectivity index (χ1) is 11.9. The Bertz CT molecular complexity index is 1060. The van der Waals surface area contributed by atoms with Crippen molar-refractivity contribution in [3.8, 4) is 5.75 Å². The average Bonchev–Trinajstić information content (AvgIpc) is 2.46. The lowest BCUT2D eigenvalue weighted by Crippen LogP contribution is -2.16. The number of benzene rings is 2.